The molecule has 0 bridgehead atoms. The molecule has 1 saturated heterocycles. The fourth-order valence-corrected chi connectivity index (χ4v) is 2.05. The van der Waals surface area contributed by atoms with E-state index >= 15 is 0 Å². The SMILES string of the molecule is COC(C)(C)CC(=O)N1CCC(C)(CN)CC1. The Morgan fingerprint density at radius 1 is 1.41 bits per heavy atom. The van der Waals surface area contributed by atoms with Crippen molar-refractivity contribution >= 4 is 5.91 Å². The van der Waals surface area contributed by atoms with Crippen molar-refractivity contribution < 1.29 is 9.53 Å². The molecule has 4 heteroatoms. The minimum atomic E-state index is -0.369. The summed E-state index contributed by atoms with van der Waals surface area (Å²) < 4.78 is 5.29. The molecule has 1 fully saturated rings. The minimum absolute atomic E-state index is 0.191. The Kier molecular flexibility index (Phi) is 4.55. The molecule has 100 valence electrons. The van der Waals surface area contributed by atoms with Crippen LogP contribution in [0.15, 0.2) is 0 Å². The Bertz CT molecular complexity index is 269. The van der Waals surface area contributed by atoms with Gasteiger partial charge in [0.15, 0.2) is 0 Å². The number of carbonyl (C=O) groups is 1. The molecular weight excluding hydrogens is 216 g/mol. The first kappa shape index (κ1) is 14.5. The second-order valence-electron chi connectivity index (χ2n) is 6.04. The molecule has 0 atom stereocenters. The van der Waals surface area contributed by atoms with Crippen LogP contribution in [-0.2, 0) is 9.53 Å². The van der Waals surface area contributed by atoms with Crippen molar-refractivity contribution in [2.75, 3.05) is 26.7 Å². The molecule has 0 radical (unpaired) electrons. The van der Waals surface area contributed by atoms with Crippen LogP contribution >= 0.6 is 0 Å². The zero-order valence-corrected chi connectivity index (χ0v) is 11.6. The van der Waals surface area contributed by atoms with E-state index in [1.54, 1.807) is 7.11 Å². The van der Waals surface area contributed by atoms with E-state index in [0.29, 0.717) is 13.0 Å². The van der Waals surface area contributed by atoms with Gasteiger partial charge in [-0.2, -0.15) is 0 Å². The van der Waals surface area contributed by atoms with Gasteiger partial charge in [-0.15, -0.1) is 0 Å². The number of rotatable bonds is 4. The van der Waals surface area contributed by atoms with Gasteiger partial charge in [0.1, 0.15) is 0 Å². The predicted molar refractivity (Wildman–Crippen MR) is 68.7 cm³/mol. The van der Waals surface area contributed by atoms with E-state index in [4.69, 9.17) is 10.5 Å². The molecule has 1 aliphatic rings. The smallest absolute Gasteiger partial charge is 0.225 e. The van der Waals surface area contributed by atoms with E-state index in [1.807, 2.05) is 18.7 Å². The van der Waals surface area contributed by atoms with Crippen LogP contribution in [0, 0.1) is 5.41 Å². The normalized spacial score (nSPS) is 20.4. The third-order valence-electron chi connectivity index (χ3n) is 3.95. The number of hydrogen-bond acceptors (Lipinski definition) is 3. The quantitative estimate of drug-likeness (QED) is 0.810. The van der Waals surface area contributed by atoms with Gasteiger partial charge in [0, 0.05) is 20.2 Å². The second-order valence-corrected chi connectivity index (χ2v) is 6.04. The Morgan fingerprint density at radius 2 is 1.94 bits per heavy atom. The van der Waals surface area contributed by atoms with Gasteiger partial charge < -0.3 is 15.4 Å². The van der Waals surface area contributed by atoms with Crippen LogP contribution in [-0.4, -0.2) is 43.2 Å². The molecule has 0 spiro atoms. The first-order valence-electron chi connectivity index (χ1n) is 6.35. The highest BCUT2D eigenvalue weighted by Gasteiger charge is 2.32. The van der Waals surface area contributed by atoms with Gasteiger partial charge in [-0.25, -0.2) is 0 Å². The highest BCUT2D eigenvalue weighted by Crippen LogP contribution is 2.30. The summed E-state index contributed by atoms with van der Waals surface area (Å²) in [4.78, 5) is 14.0. The third-order valence-corrected chi connectivity index (χ3v) is 3.95. The number of carbonyl (C=O) groups excluding carboxylic acids is 1. The molecule has 1 rings (SSSR count). The molecule has 2 N–H and O–H groups in total. The predicted octanol–water partition coefficient (Wildman–Crippen LogP) is 1.39. The van der Waals surface area contributed by atoms with Gasteiger partial charge in [0.25, 0.3) is 0 Å². The number of likely N-dealkylation sites (tertiary alicyclic amines) is 1. The lowest BCUT2D eigenvalue weighted by Gasteiger charge is -2.39. The van der Waals surface area contributed by atoms with Crippen LogP contribution in [0.25, 0.3) is 0 Å². The Morgan fingerprint density at radius 3 is 2.35 bits per heavy atom. The van der Waals surface area contributed by atoms with Crippen molar-refractivity contribution in [2.45, 2.75) is 45.6 Å². The molecule has 0 unspecified atom stereocenters. The molecule has 0 saturated carbocycles. The number of nitrogens with two attached hydrogens (primary N) is 1. The number of ether oxygens (including phenoxy) is 1. The van der Waals surface area contributed by atoms with Crippen LogP contribution < -0.4 is 5.73 Å². The summed E-state index contributed by atoms with van der Waals surface area (Å²) in [6.45, 7) is 8.45. The summed E-state index contributed by atoms with van der Waals surface area (Å²) >= 11 is 0. The number of hydrogen-bond donors (Lipinski definition) is 1. The number of amides is 1. The van der Waals surface area contributed by atoms with E-state index in [-0.39, 0.29) is 16.9 Å². The van der Waals surface area contributed by atoms with Crippen LogP contribution in [0.3, 0.4) is 0 Å². The number of methoxy groups -OCH3 is 1. The molecule has 0 aromatic heterocycles. The minimum Gasteiger partial charge on any atom is -0.378 e. The van der Waals surface area contributed by atoms with Gasteiger partial charge >= 0.3 is 0 Å². The van der Waals surface area contributed by atoms with Crippen LogP contribution in [0.1, 0.15) is 40.0 Å². The van der Waals surface area contributed by atoms with Crippen molar-refractivity contribution in [3.63, 3.8) is 0 Å². The molecule has 0 aromatic carbocycles. The van der Waals surface area contributed by atoms with Crippen LogP contribution in [0.2, 0.25) is 0 Å². The topological polar surface area (TPSA) is 55.6 Å². The maximum atomic E-state index is 12.1. The van der Waals surface area contributed by atoms with E-state index in [0.717, 1.165) is 25.9 Å². The largest absolute Gasteiger partial charge is 0.378 e. The van der Waals surface area contributed by atoms with Gasteiger partial charge in [-0.05, 0) is 38.6 Å². The average molecular weight is 242 g/mol. The van der Waals surface area contributed by atoms with Crippen LogP contribution in [0.5, 0.6) is 0 Å². The lowest BCUT2D eigenvalue weighted by atomic mass is 9.80. The molecule has 0 aromatic rings. The molecule has 1 aliphatic heterocycles. The molecule has 1 amide bonds. The third kappa shape index (κ3) is 3.96. The van der Waals surface area contributed by atoms with Crippen molar-refractivity contribution in [1.29, 1.82) is 0 Å². The summed E-state index contributed by atoms with van der Waals surface area (Å²) in [5.41, 5.74) is 5.61. The second kappa shape index (κ2) is 5.36. The number of nitrogens with zero attached hydrogens (tertiary/aromatic N) is 1. The number of piperidine rings is 1. The molecule has 4 nitrogen and oxygen atoms in total. The van der Waals surface area contributed by atoms with Crippen LogP contribution in [0.4, 0.5) is 0 Å². The average Bonchev–Trinajstić information content (AvgIpc) is 2.29. The lowest BCUT2D eigenvalue weighted by Crippen LogP contribution is -2.46. The Hall–Kier alpha value is -0.610. The van der Waals surface area contributed by atoms with E-state index in [2.05, 4.69) is 6.92 Å². The van der Waals surface area contributed by atoms with E-state index in [1.165, 1.54) is 0 Å². The molecule has 0 aliphatic carbocycles. The first-order chi connectivity index (χ1) is 7.82. The van der Waals surface area contributed by atoms with Gasteiger partial charge in [-0.3, -0.25) is 4.79 Å². The summed E-state index contributed by atoms with van der Waals surface area (Å²) in [7, 11) is 1.65. The summed E-state index contributed by atoms with van der Waals surface area (Å²) in [5.74, 6) is 0.191. The van der Waals surface area contributed by atoms with E-state index in [9.17, 15) is 4.79 Å². The monoisotopic (exact) mass is 242 g/mol. The zero-order valence-electron chi connectivity index (χ0n) is 11.6. The lowest BCUT2D eigenvalue weighted by molar-refractivity contribution is -0.138. The Labute approximate surface area is 104 Å². The summed E-state index contributed by atoms with van der Waals surface area (Å²) in [6, 6.07) is 0. The van der Waals surface area contributed by atoms with Gasteiger partial charge in [-0.1, -0.05) is 6.92 Å². The van der Waals surface area contributed by atoms with Crippen molar-refractivity contribution in [3.05, 3.63) is 0 Å². The standard InChI is InChI=1S/C13H26N2O2/c1-12(2,17-4)9-11(16)15-7-5-13(3,10-14)6-8-15/h5-10,14H2,1-4H3. The first-order valence-corrected chi connectivity index (χ1v) is 6.35. The Balaban J connectivity index is 2.47. The maximum absolute atomic E-state index is 12.1. The van der Waals surface area contributed by atoms with Crippen molar-refractivity contribution in [2.24, 2.45) is 11.1 Å². The molecule has 17 heavy (non-hydrogen) atoms. The maximum Gasteiger partial charge on any atom is 0.225 e. The van der Waals surface area contributed by atoms with Gasteiger partial charge in [0.05, 0.1) is 12.0 Å². The summed E-state index contributed by atoms with van der Waals surface area (Å²) in [5, 5.41) is 0. The summed E-state index contributed by atoms with van der Waals surface area (Å²) in [6.07, 6.45) is 2.45. The highest BCUT2D eigenvalue weighted by molar-refractivity contribution is 5.77. The van der Waals surface area contributed by atoms with Crippen molar-refractivity contribution in [3.8, 4) is 0 Å². The van der Waals surface area contributed by atoms with E-state index < -0.39 is 0 Å². The highest BCUT2D eigenvalue weighted by atomic mass is 16.5. The van der Waals surface area contributed by atoms with Gasteiger partial charge in [0.2, 0.25) is 5.91 Å². The molecular formula is C13H26N2O2. The molecule has 1 heterocycles. The fourth-order valence-electron chi connectivity index (χ4n) is 2.05. The zero-order chi connectivity index (χ0) is 13.1. The fraction of sp³-hybridized carbons (Fsp3) is 0.923. The van der Waals surface area contributed by atoms with Crippen molar-refractivity contribution in [1.82, 2.24) is 4.90 Å².